The van der Waals surface area contributed by atoms with Gasteiger partial charge in [0.25, 0.3) is 0 Å². The van der Waals surface area contributed by atoms with E-state index < -0.39 is 0 Å². The van der Waals surface area contributed by atoms with Crippen LogP contribution in [-0.4, -0.2) is 37.2 Å². The summed E-state index contributed by atoms with van der Waals surface area (Å²) in [6, 6.07) is 0.371. The van der Waals surface area contributed by atoms with Gasteiger partial charge in [-0.15, -0.1) is 0 Å². The Hall–Kier alpha value is -0.610. The predicted octanol–water partition coefficient (Wildman–Crippen LogP) is 2.87. The van der Waals surface area contributed by atoms with E-state index in [1.807, 2.05) is 0 Å². The van der Waals surface area contributed by atoms with E-state index in [2.05, 4.69) is 31.4 Å². The minimum Gasteiger partial charge on any atom is -0.376 e. The van der Waals surface area contributed by atoms with Crippen molar-refractivity contribution in [1.29, 1.82) is 0 Å². The van der Waals surface area contributed by atoms with Crippen molar-refractivity contribution in [1.82, 2.24) is 10.6 Å². The van der Waals surface area contributed by atoms with E-state index >= 15 is 0 Å². The highest BCUT2D eigenvalue weighted by Gasteiger charge is 2.49. The van der Waals surface area contributed by atoms with E-state index in [0.717, 1.165) is 58.2 Å². The number of fused-ring (bicyclic) bond motifs is 2. The Kier molecular flexibility index (Phi) is 5.03. The molecule has 0 aromatic heterocycles. The fourth-order valence-electron chi connectivity index (χ4n) is 5.59. The molecule has 1 heterocycles. The second kappa shape index (κ2) is 6.72. The SMILES string of the molecule is CCOC1(C)CC2CC(C1)CC(C)(C(=O)NC1CCNCC1)C2. The first-order valence-electron chi connectivity index (χ1n) is 9.58. The van der Waals surface area contributed by atoms with E-state index in [0.29, 0.717) is 23.8 Å². The quantitative estimate of drug-likeness (QED) is 0.837. The summed E-state index contributed by atoms with van der Waals surface area (Å²) < 4.78 is 6.05. The zero-order valence-corrected chi connectivity index (χ0v) is 15.1. The number of nitrogens with one attached hydrogen (secondary N) is 2. The Morgan fingerprint density at radius 2 is 1.74 bits per heavy atom. The van der Waals surface area contributed by atoms with Crippen LogP contribution in [0, 0.1) is 17.3 Å². The molecule has 1 aliphatic heterocycles. The Balaban J connectivity index is 1.62. The molecule has 132 valence electrons. The second-order valence-corrected chi connectivity index (χ2v) is 8.73. The minimum atomic E-state index is -0.175. The minimum absolute atomic E-state index is 0.0369. The van der Waals surface area contributed by atoms with Gasteiger partial charge in [-0.1, -0.05) is 6.92 Å². The highest BCUT2D eigenvalue weighted by Crippen LogP contribution is 2.52. The van der Waals surface area contributed by atoms with E-state index in [9.17, 15) is 4.79 Å². The zero-order chi connectivity index (χ0) is 16.5. The van der Waals surface area contributed by atoms with E-state index in [1.165, 1.54) is 6.42 Å². The van der Waals surface area contributed by atoms with Crippen molar-refractivity contribution in [2.75, 3.05) is 19.7 Å². The molecule has 3 fully saturated rings. The van der Waals surface area contributed by atoms with Crippen LogP contribution in [0.4, 0.5) is 0 Å². The number of hydrogen-bond donors (Lipinski definition) is 2. The lowest BCUT2D eigenvalue weighted by Gasteiger charge is -2.50. The monoisotopic (exact) mass is 322 g/mol. The molecule has 0 aromatic rings. The highest BCUT2D eigenvalue weighted by atomic mass is 16.5. The highest BCUT2D eigenvalue weighted by molar-refractivity contribution is 5.82. The third-order valence-corrected chi connectivity index (χ3v) is 6.30. The summed E-state index contributed by atoms with van der Waals surface area (Å²) in [7, 11) is 0. The van der Waals surface area contributed by atoms with E-state index in [-0.39, 0.29) is 11.0 Å². The largest absolute Gasteiger partial charge is 0.376 e. The summed E-state index contributed by atoms with van der Waals surface area (Å²) >= 11 is 0. The number of carbonyl (C=O) groups is 1. The van der Waals surface area contributed by atoms with Crippen molar-refractivity contribution in [2.45, 2.75) is 77.4 Å². The van der Waals surface area contributed by atoms with Gasteiger partial charge in [0.1, 0.15) is 0 Å². The Labute approximate surface area is 141 Å². The van der Waals surface area contributed by atoms with E-state index in [1.54, 1.807) is 0 Å². The van der Waals surface area contributed by atoms with Gasteiger partial charge in [0, 0.05) is 18.1 Å². The molecule has 23 heavy (non-hydrogen) atoms. The smallest absolute Gasteiger partial charge is 0.226 e. The van der Waals surface area contributed by atoms with Crippen molar-refractivity contribution in [3.8, 4) is 0 Å². The van der Waals surface area contributed by atoms with Crippen molar-refractivity contribution in [3.05, 3.63) is 0 Å². The first-order chi connectivity index (χ1) is 10.9. The van der Waals surface area contributed by atoms with Gasteiger partial charge in [0.05, 0.1) is 5.60 Å². The maximum atomic E-state index is 12.9. The van der Waals surface area contributed by atoms with Gasteiger partial charge in [-0.3, -0.25) is 4.79 Å². The van der Waals surface area contributed by atoms with Gasteiger partial charge in [0.2, 0.25) is 5.91 Å². The van der Waals surface area contributed by atoms with Crippen molar-refractivity contribution in [3.63, 3.8) is 0 Å². The standard InChI is InChI=1S/C19H34N2O2/c1-4-23-19(3)12-14-9-15(13-19)11-18(2,10-14)17(22)21-16-5-7-20-8-6-16/h14-16,20H,4-13H2,1-3H3,(H,21,22). The number of piperidine rings is 1. The Bertz CT molecular complexity index is 417. The summed E-state index contributed by atoms with van der Waals surface area (Å²) in [4.78, 5) is 12.9. The number of rotatable bonds is 4. The summed E-state index contributed by atoms with van der Waals surface area (Å²) in [5, 5.41) is 6.72. The summed E-state index contributed by atoms with van der Waals surface area (Å²) in [5.41, 5.74) is -0.138. The fraction of sp³-hybridized carbons (Fsp3) is 0.947. The Morgan fingerprint density at radius 1 is 1.13 bits per heavy atom. The first-order valence-corrected chi connectivity index (χ1v) is 9.58. The number of hydrogen-bond acceptors (Lipinski definition) is 3. The average Bonchev–Trinajstić information content (AvgIpc) is 2.46. The van der Waals surface area contributed by atoms with Gasteiger partial charge in [0.15, 0.2) is 0 Å². The average molecular weight is 322 g/mol. The zero-order valence-electron chi connectivity index (χ0n) is 15.1. The molecule has 4 nitrogen and oxygen atoms in total. The summed E-state index contributed by atoms with van der Waals surface area (Å²) in [5.74, 6) is 1.59. The topological polar surface area (TPSA) is 50.4 Å². The third kappa shape index (κ3) is 3.90. The molecule has 2 aliphatic carbocycles. The van der Waals surface area contributed by atoms with Crippen molar-refractivity contribution < 1.29 is 9.53 Å². The molecule has 2 unspecified atom stereocenters. The summed E-state index contributed by atoms with van der Waals surface area (Å²) in [6.07, 6.45) is 7.72. The molecule has 1 saturated heterocycles. The molecular weight excluding hydrogens is 288 g/mol. The number of amides is 1. The molecule has 0 radical (unpaired) electrons. The first kappa shape index (κ1) is 17.2. The molecule has 0 spiro atoms. The molecule has 1 amide bonds. The predicted molar refractivity (Wildman–Crippen MR) is 92.2 cm³/mol. The molecule has 3 aliphatic rings. The molecule has 2 saturated carbocycles. The normalized spacial score (nSPS) is 41.5. The molecule has 4 heteroatoms. The van der Waals surface area contributed by atoms with Gasteiger partial charge >= 0.3 is 0 Å². The molecule has 3 rings (SSSR count). The van der Waals surface area contributed by atoms with Gasteiger partial charge in [-0.25, -0.2) is 0 Å². The molecule has 2 atom stereocenters. The van der Waals surface area contributed by atoms with Crippen LogP contribution in [0.5, 0.6) is 0 Å². The maximum Gasteiger partial charge on any atom is 0.226 e. The molecule has 2 bridgehead atoms. The maximum absolute atomic E-state index is 12.9. The summed E-state index contributed by atoms with van der Waals surface area (Å²) in [6.45, 7) is 9.41. The lowest BCUT2D eigenvalue weighted by atomic mass is 9.58. The van der Waals surface area contributed by atoms with Crippen LogP contribution in [0.15, 0.2) is 0 Å². The second-order valence-electron chi connectivity index (χ2n) is 8.73. The van der Waals surface area contributed by atoms with Gasteiger partial charge < -0.3 is 15.4 Å². The van der Waals surface area contributed by atoms with Crippen LogP contribution < -0.4 is 10.6 Å². The van der Waals surface area contributed by atoms with Crippen LogP contribution >= 0.6 is 0 Å². The lowest BCUT2D eigenvalue weighted by molar-refractivity contribution is -0.143. The van der Waals surface area contributed by atoms with Crippen LogP contribution in [0.2, 0.25) is 0 Å². The van der Waals surface area contributed by atoms with Crippen LogP contribution in [0.25, 0.3) is 0 Å². The fourth-order valence-corrected chi connectivity index (χ4v) is 5.59. The molecule has 0 aromatic carbocycles. The van der Waals surface area contributed by atoms with Crippen molar-refractivity contribution >= 4 is 5.91 Å². The number of carbonyl (C=O) groups excluding carboxylic acids is 1. The lowest BCUT2D eigenvalue weighted by Crippen LogP contribution is -2.53. The Morgan fingerprint density at radius 3 is 2.30 bits per heavy atom. The van der Waals surface area contributed by atoms with Crippen molar-refractivity contribution in [2.24, 2.45) is 17.3 Å². The van der Waals surface area contributed by atoms with Gasteiger partial charge in [-0.2, -0.15) is 0 Å². The molecular formula is C19H34N2O2. The van der Waals surface area contributed by atoms with Crippen LogP contribution in [-0.2, 0) is 9.53 Å². The third-order valence-electron chi connectivity index (χ3n) is 6.30. The van der Waals surface area contributed by atoms with Gasteiger partial charge in [-0.05, 0) is 83.7 Å². The van der Waals surface area contributed by atoms with E-state index in [4.69, 9.17) is 4.74 Å². The van der Waals surface area contributed by atoms with Crippen LogP contribution in [0.1, 0.15) is 65.7 Å². The van der Waals surface area contributed by atoms with Crippen LogP contribution in [0.3, 0.4) is 0 Å². The molecule has 2 N–H and O–H groups in total. The number of ether oxygens (including phenoxy) is 1.